The number of aromatic amines is 1. The van der Waals surface area contributed by atoms with Crippen molar-refractivity contribution in [2.75, 3.05) is 13.2 Å². The lowest BCUT2D eigenvalue weighted by molar-refractivity contribution is -0.148. The van der Waals surface area contributed by atoms with Gasteiger partial charge in [0.1, 0.15) is 6.04 Å². The molecule has 0 aliphatic rings. The van der Waals surface area contributed by atoms with Crippen LogP contribution in [0.2, 0.25) is 0 Å². The first-order chi connectivity index (χ1) is 20.0. The van der Waals surface area contributed by atoms with E-state index in [1.807, 2.05) is 27.7 Å². The fraction of sp³-hybridized carbons (Fsp3) is 0.586. The van der Waals surface area contributed by atoms with E-state index in [0.717, 1.165) is 23.1 Å². The Balaban J connectivity index is 0.000000677. The lowest BCUT2D eigenvalue weighted by Crippen LogP contribution is -2.33. The van der Waals surface area contributed by atoms with E-state index in [2.05, 4.69) is 50.7 Å². The Labute approximate surface area is 265 Å². The van der Waals surface area contributed by atoms with Crippen LogP contribution in [0.25, 0.3) is 0 Å². The standard InChI is InChI=1S/C14H18BrF2NO3.C9H18O2.C6H4BrF2NO/c1-4-21-14(20)11(5-8(2)3)18-7-9(15)6-10(12(16)17)13(18)19;1-5-11-9(10)8(4)6-7(2)3;7-3-1-4(5(8)9)6(11)10-2-3/h6-8,11-12H,4-5H2,1-3H3;7-8H,5-6H2,1-4H3;1-2,5H,(H,10,11). The molecule has 0 aliphatic heterocycles. The smallest absolute Gasteiger partial charge is 0.329 e. The van der Waals surface area contributed by atoms with E-state index in [0.29, 0.717) is 27.9 Å². The second-order valence-electron chi connectivity index (χ2n) is 10.2. The molecule has 0 fully saturated rings. The van der Waals surface area contributed by atoms with Crippen molar-refractivity contribution < 1.29 is 36.6 Å². The van der Waals surface area contributed by atoms with Crippen LogP contribution < -0.4 is 11.1 Å². The second kappa shape index (κ2) is 20.5. The molecule has 0 spiro atoms. The zero-order valence-corrected chi connectivity index (χ0v) is 28.4. The van der Waals surface area contributed by atoms with Crippen molar-refractivity contribution in [1.82, 2.24) is 9.55 Å². The normalized spacial score (nSPS) is 12.3. The van der Waals surface area contributed by atoms with Crippen molar-refractivity contribution in [3.8, 4) is 0 Å². The molecule has 2 aromatic rings. The molecule has 0 amide bonds. The van der Waals surface area contributed by atoms with Gasteiger partial charge in [-0.05, 0) is 82.5 Å². The van der Waals surface area contributed by atoms with E-state index in [9.17, 15) is 36.7 Å². The van der Waals surface area contributed by atoms with Gasteiger partial charge in [0.05, 0.1) is 30.3 Å². The summed E-state index contributed by atoms with van der Waals surface area (Å²) in [6.45, 7) is 14.0. The van der Waals surface area contributed by atoms with Gasteiger partial charge in [-0.2, -0.15) is 0 Å². The quantitative estimate of drug-likeness (QED) is 0.184. The number of aromatic nitrogens is 2. The molecule has 0 saturated carbocycles. The van der Waals surface area contributed by atoms with E-state index < -0.39 is 47.1 Å². The molecule has 244 valence electrons. The van der Waals surface area contributed by atoms with Crippen LogP contribution in [0.4, 0.5) is 17.6 Å². The fourth-order valence-electron chi connectivity index (χ4n) is 3.71. The third-order valence-corrected chi connectivity index (χ3v) is 6.40. The van der Waals surface area contributed by atoms with Crippen LogP contribution in [-0.2, 0) is 19.1 Å². The van der Waals surface area contributed by atoms with Gasteiger partial charge in [-0.15, -0.1) is 0 Å². The number of H-pyrrole nitrogens is 1. The summed E-state index contributed by atoms with van der Waals surface area (Å²) in [5.41, 5.74) is -2.77. The minimum Gasteiger partial charge on any atom is -0.466 e. The number of esters is 2. The molecular weight excluding hydrogens is 708 g/mol. The minimum absolute atomic E-state index is 0.0509. The van der Waals surface area contributed by atoms with Gasteiger partial charge in [-0.25, -0.2) is 22.4 Å². The molecule has 0 saturated heterocycles. The highest BCUT2D eigenvalue weighted by Gasteiger charge is 2.27. The molecule has 1 N–H and O–H groups in total. The van der Waals surface area contributed by atoms with E-state index in [1.54, 1.807) is 6.92 Å². The number of nitrogens with zero attached hydrogens (tertiary/aromatic N) is 1. The zero-order valence-electron chi connectivity index (χ0n) is 25.3. The van der Waals surface area contributed by atoms with Gasteiger partial charge in [0.15, 0.2) is 0 Å². The third-order valence-electron chi connectivity index (χ3n) is 5.51. The average Bonchev–Trinajstić information content (AvgIpc) is 2.90. The van der Waals surface area contributed by atoms with Crippen molar-refractivity contribution in [3.05, 3.63) is 65.3 Å². The average molecular weight is 748 g/mol. The summed E-state index contributed by atoms with van der Waals surface area (Å²) in [6.07, 6.45) is -1.72. The lowest BCUT2D eigenvalue weighted by Gasteiger charge is -2.21. The number of carbonyl (C=O) groups is 2. The zero-order chi connectivity index (χ0) is 33.4. The molecule has 8 nitrogen and oxygen atoms in total. The largest absolute Gasteiger partial charge is 0.466 e. The monoisotopic (exact) mass is 746 g/mol. The molecule has 0 radical (unpaired) electrons. The van der Waals surface area contributed by atoms with Gasteiger partial charge in [-0.1, -0.05) is 34.6 Å². The first-order valence-corrected chi connectivity index (χ1v) is 15.2. The topological polar surface area (TPSA) is 107 Å². The summed E-state index contributed by atoms with van der Waals surface area (Å²) in [7, 11) is 0. The van der Waals surface area contributed by atoms with Gasteiger partial charge in [0.2, 0.25) is 0 Å². The molecule has 14 heteroatoms. The van der Waals surface area contributed by atoms with Crippen molar-refractivity contribution in [1.29, 1.82) is 0 Å². The van der Waals surface area contributed by atoms with Crippen molar-refractivity contribution >= 4 is 43.8 Å². The first kappa shape index (κ1) is 40.5. The Morgan fingerprint density at radius 1 is 0.814 bits per heavy atom. The maximum absolute atomic E-state index is 12.9. The Morgan fingerprint density at radius 2 is 1.30 bits per heavy atom. The minimum atomic E-state index is -2.90. The van der Waals surface area contributed by atoms with E-state index >= 15 is 0 Å². The summed E-state index contributed by atoms with van der Waals surface area (Å²) in [5, 5.41) is 0. The predicted molar refractivity (Wildman–Crippen MR) is 163 cm³/mol. The van der Waals surface area contributed by atoms with Crippen LogP contribution in [0.3, 0.4) is 0 Å². The molecule has 2 unspecified atom stereocenters. The number of hydrogen-bond acceptors (Lipinski definition) is 6. The number of alkyl halides is 4. The second-order valence-corrected chi connectivity index (χ2v) is 12.0. The van der Waals surface area contributed by atoms with Gasteiger partial charge in [-0.3, -0.25) is 19.0 Å². The van der Waals surface area contributed by atoms with Crippen LogP contribution in [0, 0.1) is 17.8 Å². The van der Waals surface area contributed by atoms with Crippen LogP contribution in [0.5, 0.6) is 0 Å². The lowest BCUT2D eigenvalue weighted by atomic mass is 9.99. The van der Waals surface area contributed by atoms with Crippen LogP contribution in [0.15, 0.2) is 43.1 Å². The van der Waals surface area contributed by atoms with Crippen LogP contribution in [0.1, 0.15) is 91.3 Å². The summed E-state index contributed by atoms with van der Waals surface area (Å²) in [5.74, 6) is 0.0532. The summed E-state index contributed by atoms with van der Waals surface area (Å²) in [6, 6.07) is 1.26. The molecule has 2 aromatic heterocycles. The molecule has 2 rings (SSSR count). The van der Waals surface area contributed by atoms with E-state index in [1.165, 1.54) is 12.4 Å². The number of rotatable bonds is 11. The van der Waals surface area contributed by atoms with Crippen LogP contribution >= 0.6 is 31.9 Å². The van der Waals surface area contributed by atoms with Crippen molar-refractivity contribution in [2.45, 2.75) is 80.2 Å². The Kier molecular flexibility index (Phi) is 19.3. The molecule has 43 heavy (non-hydrogen) atoms. The van der Waals surface area contributed by atoms with E-state index in [4.69, 9.17) is 9.47 Å². The van der Waals surface area contributed by atoms with E-state index in [-0.39, 0.29) is 24.4 Å². The predicted octanol–water partition coefficient (Wildman–Crippen LogP) is 8.01. The third kappa shape index (κ3) is 15.2. The highest BCUT2D eigenvalue weighted by molar-refractivity contribution is 9.10. The highest BCUT2D eigenvalue weighted by atomic mass is 79.9. The highest BCUT2D eigenvalue weighted by Crippen LogP contribution is 2.24. The maximum Gasteiger partial charge on any atom is 0.329 e. The number of pyridine rings is 2. The van der Waals surface area contributed by atoms with Crippen LogP contribution in [-0.4, -0.2) is 34.7 Å². The van der Waals surface area contributed by atoms with Gasteiger partial charge in [0.25, 0.3) is 24.0 Å². The summed E-state index contributed by atoms with van der Waals surface area (Å²) in [4.78, 5) is 48.1. The summed E-state index contributed by atoms with van der Waals surface area (Å²) < 4.78 is 61.4. The van der Waals surface area contributed by atoms with Gasteiger partial charge >= 0.3 is 11.9 Å². The Bertz CT molecular complexity index is 1270. The van der Waals surface area contributed by atoms with Crippen molar-refractivity contribution in [2.24, 2.45) is 17.8 Å². The number of carbonyl (C=O) groups excluding carboxylic acids is 2. The fourth-order valence-corrected chi connectivity index (χ4v) is 4.54. The van der Waals surface area contributed by atoms with Crippen molar-refractivity contribution in [3.63, 3.8) is 0 Å². The Morgan fingerprint density at radius 3 is 1.74 bits per heavy atom. The molecule has 0 aliphatic carbocycles. The molecule has 0 aromatic carbocycles. The van der Waals surface area contributed by atoms with Gasteiger partial charge in [0, 0.05) is 21.3 Å². The molecular formula is C29H40Br2F4N2O6. The summed E-state index contributed by atoms with van der Waals surface area (Å²) >= 11 is 6.05. The molecule has 0 bridgehead atoms. The molecule has 2 heterocycles. The van der Waals surface area contributed by atoms with Gasteiger partial charge < -0.3 is 14.5 Å². The molecule has 2 atom stereocenters. The number of nitrogens with one attached hydrogen (secondary N) is 1. The number of hydrogen-bond donors (Lipinski definition) is 1. The maximum atomic E-state index is 12.9. The number of ether oxygens (including phenoxy) is 2. The first-order valence-electron chi connectivity index (χ1n) is 13.7. The number of halogens is 6. The Hall–Kier alpha value is -2.48. The SMILES string of the molecule is CCOC(=O)C(C)CC(C)C.CCOC(=O)C(CC(C)C)n1cc(Br)cc(C(F)F)c1=O.O=c1[nH]cc(Br)cc1C(F)F.